The van der Waals surface area contributed by atoms with Gasteiger partial charge in [-0.05, 0) is 52.9 Å². The Morgan fingerprint density at radius 1 is 0.946 bits per heavy atom. The Morgan fingerprint density at radius 3 is 2.16 bits per heavy atom. The highest BCUT2D eigenvalue weighted by Crippen LogP contribution is 2.47. The number of aliphatic hydroxyl groups excluding tert-OH is 1. The first-order chi connectivity index (χ1) is 18.0. The molecule has 3 atom stereocenters. The van der Waals surface area contributed by atoms with Crippen LogP contribution in [0.5, 0.6) is 0 Å². The fourth-order valence-corrected chi connectivity index (χ4v) is 5.03. The molecule has 3 aromatic rings. The molecule has 1 saturated heterocycles. The molecule has 8 heteroatoms. The van der Waals surface area contributed by atoms with Crippen LogP contribution in [-0.2, 0) is 24.8 Å². The van der Waals surface area contributed by atoms with Crippen molar-refractivity contribution in [2.24, 2.45) is 0 Å². The van der Waals surface area contributed by atoms with E-state index in [1.807, 2.05) is 72.8 Å². The highest BCUT2D eigenvalue weighted by Gasteiger charge is 2.54. The second-order valence-corrected chi connectivity index (χ2v) is 10.1. The first-order valence-electron chi connectivity index (χ1n) is 12.0. The summed E-state index contributed by atoms with van der Waals surface area (Å²) < 4.78 is 20.3. The molecule has 0 bridgehead atoms. The van der Waals surface area contributed by atoms with Crippen molar-refractivity contribution in [1.29, 1.82) is 0 Å². The molecule has 0 saturated carbocycles. The van der Waals surface area contributed by atoms with Gasteiger partial charge < -0.3 is 24.6 Å². The predicted molar refractivity (Wildman–Crippen MR) is 145 cm³/mol. The predicted octanol–water partition coefficient (Wildman–Crippen LogP) is 3.94. The van der Waals surface area contributed by atoms with Crippen LogP contribution in [0, 0.1) is 3.57 Å². The zero-order valence-electron chi connectivity index (χ0n) is 19.9. The van der Waals surface area contributed by atoms with Crippen LogP contribution in [-0.4, -0.2) is 48.4 Å². The van der Waals surface area contributed by atoms with Gasteiger partial charge in [0, 0.05) is 33.2 Å². The lowest BCUT2D eigenvalue weighted by Crippen LogP contribution is -2.43. The zero-order chi connectivity index (χ0) is 25.8. The molecule has 1 amide bonds. The molecule has 190 valence electrons. The lowest BCUT2D eigenvalue weighted by atomic mass is 9.91. The number of carbonyl (C=O) groups excluding carboxylic acids is 2. The molecular weight excluding hydrogens is 585 g/mol. The summed E-state index contributed by atoms with van der Waals surface area (Å²) in [5, 5.41) is 11.8. The minimum absolute atomic E-state index is 0.118. The van der Waals surface area contributed by atoms with Crippen LogP contribution < -0.4 is 5.32 Å². The molecule has 1 aliphatic heterocycles. The Hall–Kier alpha value is -3.05. The molecule has 1 heterocycles. The molecule has 5 rings (SSSR count). The fourth-order valence-electron chi connectivity index (χ4n) is 4.67. The number of benzene rings is 3. The molecule has 1 aliphatic carbocycles. The molecule has 0 radical (unpaired) electrons. The second-order valence-electron chi connectivity index (χ2n) is 8.84. The molecule has 2 aliphatic rings. The topological polar surface area (TPSA) is 94.1 Å². The van der Waals surface area contributed by atoms with Crippen LogP contribution >= 0.6 is 22.6 Å². The van der Waals surface area contributed by atoms with Gasteiger partial charge in [-0.25, -0.2) is 4.79 Å². The van der Waals surface area contributed by atoms with E-state index in [0.29, 0.717) is 11.1 Å². The summed E-state index contributed by atoms with van der Waals surface area (Å²) in [6, 6.07) is 26.3. The van der Waals surface area contributed by atoms with E-state index < -0.39 is 30.1 Å². The van der Waals surface area contributed by atoms with E-state index >= 15 is 0 Å². The van der Waals surface area contributed by atoms with Gasteiger partial charge in [0.1, 0.15) is 18.3 Å². The lowest BCUT2D eigenvalue weighted by molar-refractivity contribution is -0.157. The third kappa shape index (κ3) is 5.33. The van der Waals surface area contributed by atoms with Crippen molar-refractivity contribution in [3.63, 3.8) is 0 Å². The van der Waals surface area contributed by atoms with E-state index in [0.717, 1.165) is 14.7 Å². The molecule has 0 unspecified atom stereocenters. The summed E-state index contributed by atoms with van der Waals surface area (Å²) in [7, 11) is 0. The van der Waals surface area contributed by atoms with E-state index in [-0.39, 0.29) is 25.5 Å². The number of rotatable bonds is 7. The minimum Gasteiger partial charge on any atom is -0.456 e. The third-order valence-corrected chi connectivity index (χ3v) is 7.14. The van der Waals surface area contributed by atoms with E-state index in [9.17, 15) is 9.59 Å². The van der Waals surface area contributed by atoms with Gasteiger partial charge in [0.25, 0.3) is 0 Å². The largest absolute Gasteiger partial charge is 0.456 e. The van der Waals surface area contributed by atoms with Gasteiger partial charge in [-0.3, -0.25) is 4.79 Å². The lowest BCUT2D eigenvalue weighted by Gasteiger charge is -2.31. The van der Waals surface area contributed by atoms with Gasteiger partial charge in [-0.2, -0.15) is 0 Å². The van der Waals surface area contributed by atoms with E-state index in [2.05, 4.69) is 27.9 Å². The highest BCUT2D eigenvalue weighted by molar-refractivity contribution is 14.1. The van der Waals surface area contributed by atoms with Gasteiger partial charge >= 0.3 is 5.97 Å². The van der Waals surface area contributed by atoms with Crippen LogP contribution in [0.3, 0.4) is 0 Å². The number of amides is 1. The Morgan fingerprint density at radius 2 is 1.57 bits per heavy atom. The van der Waals surface area contributed by atoms with E-state index in [1.54, 1.807) is 18.2 Å². The Labute approximate surface area is 228 Å². The smallest absolute Gasteiger partial charge is 0.338 e. The van der Waals surface area contributed by atoms with Crippen LogP contribution in [0.15, 0.2) is 96.6 Å². The fraction of sp³-hybridized carbons (Fsp3) is 0.241. The second kappa shape index (κ2) is 11.1. The Balaban J connectivity index is 1.52. The number of carbonyl (C=O) groups is 2. The van der Waals surface area contributed by atoms with E-state index in [4.69, 9.17) is 19.3 Å². The summed E-state index contributed by atoms with van der Waals surface area (Å²) in [6.07, 6.45) is -0.190. The summed E-state index contributed by atoms with van der Waals surface area (Å²) in [6.45, 7) is -0.0618. The van der Waals surface area contributed by atoms with Gasteiger partial charge in [-0.1, -0.05) is 60.7 Å². The minimum atomic E-state index is -1.25. The van der Waals surface area contributed by atoms with Crippen molar-refractivity contribution >= 4 is 34.5 Å². The summed E-state index contributed by atoms with van der Waals surface area (Å²) in [4.78, 5) is 25.9. The van der Waals surface area contributed by atoms with Crippen molar-refractivity contribution in [2.45, 2.75) is 30.5 Å². The van der Waals surface area contributed by atoms with Crippen LogP contribution in [0.4, 0.5) is 0 Å². The third-order valence-electron chi connectivity index (χ3n) is 6.42. The van der Waals surface area contributed by atoms with Crippen molar-refractivity contribution in [3.8, 4) is 0 Å². The molecule has 37 heavy (non-hydrogen) atoms. The maximum atomic E-state index is 13.1. The summed E-state index contributed by atoms with van der Waals surface area (Å²) >= 11 is 2.17. The van der Waals surface area contributed by atoms with Gasteiger partial charge in [-0.15, -0.1) is 0 Å². The zero-order valence-corrected chi connectivity index (χ0v) is 22.0. The molecule has 3 aromatic carbocycles. The summed E-state index contributed by atoms with van der Waals surface area (Å²) in [5.41, 5.74) is 2.40. The van der Waals surface area contributed by atoms with Gasteiger partial charge in [0.15, 0.2) is 0 Å². The van der Waals surface area contributed by atoms with Crippen LogP contribution in [0.1, 0.15) is 27.9 Å². The van der Waals surface area contributed by atoms with Crippen molar-refractivity contribution in [2.75, 3.05) is 13.2 Å². The van der Waals surface area contributed by atoms with Crippen molar-refractivity contribution < 1.29 is 28.9 Å². The maximum absolute atomic E-state index is 13.1. The Bertz CT molecular complexity index is 1240. The number of esters is 1. The first kappa shape index (κ1) is 25.6. The Kier molecular flexibility index (Phi) is 7.71. The van der Waals surface area contributed by atoms with Gasteiger partial charge in [0.2, 0.25) is 11.7 Å². The molecule has 1 fully saturated rings. The number of halogens is 1. The first-order valence-corrected chi connectivity index (χ1v) is 13.1. The van der Waals surface area contributed by atoms with Crippen LogP contribution in [0.2, 0.25) is 0 Å². The maximum Gasteiger partial charge on any atom is 0.338 e. The number of hydrogen-bond acceptors (Lipinski definition) is 6. The molecule has 7 nitrogen and oxygen atoms in total. The van der Waals surface area contributed by atoms with Crippen LogP contribution in [0.25, 0.3) is 0 Å². The number of nitrogens with one attached hydrogen (secondary N) is 1. The summed E-state index contributed by atoms with van der Waals surface area (Å²) in [5.74, 6) is -2.10. The van der Waals surface area contributed by atoms with Gasteiger partial charge in [0.05, 0.1) is 12.2 Å². The average molecular weight is 611 g/mol. The highest BCUT2D eigenvalue weighted by atomic mass is 127. The average Bonchev–Trinajstić information content (AvgIpc) is 3.34. The molecule has 0 spiro atoms. The number of aliphatic hydroxyl groups is 1. The molecular formula is C29H26INO6. The molecule has 2 N–H and O–H groups in total. The quantitative estimate of drug-likeness (QED) is 0.311. The van der Waals surface area contributed by atoms with Crippen molar-refractivity contribution in [3.05, 3.63) is 117 Å². The molecule has 0 aromatic heterocycles. The van der Waals surface area contributed by atoms with Crippen molar-refractivity contribution in [1.82, 2.24) is 5.32 Å². The SMILES string of the molecule is O=C(NCCO)C1=C[C@H]2OC(c3ccccc3)(c3ccccc3)O[C@H]2[C@H](OC(=O)c2ccc(I)cc2)C1. The van der Waals surface area contributed by atoms with E-state index in [1.165, 1.54) is 0 Å². The normalized spacial score (nSPS) is 22.0. The monoisotopic (exact) mass is 611 g/mol. The standard InChI is InChI=1S/C29H26INO6/c30-23-13-11-19(12-14-23)28(34)35-24-17-20(27(33)31-15-16-32)18-25-26(24)37-29(36-25,21-7-3-1-4-8-21)22-9-5-2-6-10-22/h1-14,18,24-26,32H,15-17H2,(H,31,33)/t24-,25-,26+/m1/s1. The number of ether oxygens (including phenoxy) is 3. The number of hydrogen-bond donors (Lipinski definition) is 2. The number of fused-ring (bicyclic) bond motifs is 1.